The van der Waals surface area contributed by atoms with E-state index in [2.05, 4.69) is 21.2 Å². The molecule has 0 saturated heterocycles. The highest BCUT2D eigenvalue weighted by Gasteiger charge is 2.23. The van der Waals surface area contributed by atoms with Crippen LogP contribution >= 0.6 is 27.3 Å². The summed E-state index contributed by atoms with van der Waals surface area (Å²) >= 11 is 4.70. The van der Waals surface area contributed by atoms with Crippen molar-refractivity contribution in [2.75, 3.05) is 0 Å². The number of carbonyl (C=O) groups excluding carboxylic acids is 2. The highest BCUT2D eigenvalue weighted by Crippen LogP contribution is 2.27. The molecule has 1 heterocycles. The van der Waals surface area contributed by atoms with Crippen molar-refractivity contribution in [2.45, 2.75) is 26.8 Å². The van der Waals surface area contributed by atoms with Crippen LogP contribution in [0, 0.1) is 12.8 Å². The van der Waals surface area contributed by atoms with E-state index in [4.69, 9.17) is 5.73 Å². The molecule has 0 aliphatic carbocycles. The molecule has 94 valence electrons. The lowest BCUT2D eigenvalue weighted by Crippen LogP contribution is -2.47. The maximum Gasteiger partial charge on any atom is 0.262 e. The van der Waals surface area contributed by atoms with Crippen LogP contribution in [-0.4, -0.2) is 17.9 Å². The van der Waals surface area contributed by atoms with Gasteiger partial charge in [-0.25, -0.2) is 0 Å². The third kappa shape index (κ3) is 3.54. The molecule has 0 spiro atoms. The van der Waals surface area contributed by atoms with Crippen LogP contribution in [0.4, 0.5) is 0 Å². The summed E-state index contributed by atoms with van der Waals surface area (Å²) in [6.45, 7) is 5.59. The van der Waals surface area contributed by atoms with E-state index in [1.807, 2.05) is 20.8 Å². The highest BCUT2D eigenvalue weighted by molar-refractivity contribution is 9.11. The van der Waals surface area contributed by atoms with Crippen LogP contribution in [0.2, 0.25) is 0 Å². The normalized spacial score (nSPS) is 12.5. The van der Waals surface area contributed by atoms with Gasteiger partial charge in [0.25, 0.3) is 5.91 Å². The molecular formula is C11H15BrN2O2S. The minimum atomic E-state index is -0.635. The lowest BCUT2D eigenvalue weighted by atomic mass is 10.0. The Morgan fingerprint density at radius 3 is 2.41 bits per heavy atom. The molecule has 17 heavy (non-hydrogen) atoms. The second-order valence-corrected chi connectivity index (χ2v) is 6.53. The number of carbonyl (C=O) groups is 2. The summed E-state index contributed by atoms with van der Waals surface area (Å²) in [5.74, 6) is -0.803. The molecule has 2 amide bonds. The zero-order valence-electron chi connectivity index (χ0n) is 9.91. The Kier molecular flexibility index (Phi) is 4.70. The van der Waals surface area contributed by atoms with E-state index in [0.717, 1.165) is 9.35 Å². The first-order valence-corrected chi connectivity index (χ1v) is 6.80. The van der Waals surface area contributed by atoms with E-state index in [1.54, 1.807) is 6.07 Å². The largest absolute Gasteiger partial charge is 0.368 e. The maximum absolute atomic E-state index is 11.9. The lowest BCUT2D eigenvalue weighted by Gasteiger charge is -2.18. The number of hydrogen-bond acceptors (Lipinski definition) is 3. The van der Waals surface area contributed by atoms with E-state index in [0.29, 0.717) is 4.88 Å². The monoisotopic (exact) mass is 318 g/mol. The first kappa shape index (κ1) is 14.2. The maximum atomic E-state index is 11.9. The Balaban J connectivity index is 2.81. The Labute approximate surface area is 113 Å². The van der Waals surface area contributed by atoms with Gasteiger partial charge in [-0.2, -0.15) is 0 Å². The topological polar surface area (TPSA) is 72.2 Å². The van der Waals surface area contributed by atoms with Gasteiger partial charge in [0.05, 0.1) is 8.66 Å². The van der Waals surface area contributed by atoms with Gasteiger partial charge < -0.3 is 11.1 Å². The summed E-state index contributed by atoms with van der Waals surface area (Å²) in [5.41, 5.74) is 6.24. The van der Waals surface area contributed by atoms with Gasteiger partial charge in [-0.3, -0.25) is 9.59 Å². The average molecular weight is 319 g/mol. The number of halogens is 1. The molecule has 0 saturated carbocycles. The van der Waals surface area contributed by atoms with Crippen LogP contribution in [0.1, 0.15) is 29.1 Å². The Morgan fingerprint density at radius 1 is 1.47 bits per heavy atom. The van der Waals surface area contributed by atoms with Gasteiger partial charge in [-0.15, -0.1) is 11.3 Å². The van der Waals surface area contributed by atoms with Gasteiger partial charge in [0.15, 0.2) is 0 Å². The third-order valence-electron chi connectivity index (χ3n) is 2.34. The minimum absolute atomic E-state index is 0.0269. The Bertz CT molecular complexity index is 423. The van der Waals surface area contributed by atoms with Gasteiger partial charge >= 0.3 is 0 Å². The molecule has 0 fully saturated rings. The molecule has 1 aromatic rings. The quantitative estimate of drug-likeness (QED) is 0.891. The molecule has 1 atom stereocenters. The van der Waals surface area contributed by atoms with Gasteiger partial charge in [-0.05, 0) is 40.4 Å². The second kappa shape index (κ2) is 5.64. The summed E-state index contributed by atoms with van der Waals surface area (Å²) in [5, 5.41) is 2.65. The molecule has 6 heteroatoms. The minimum Gasteiger partial charge on any atom is -0.368 e. The first-order chi connectivity index (χ1) is 7.82. The van der Waals surface area contributed by atoms with Crippen molar-refractivity contribution in [1.82, 2.24) is 5.32 Å². The van der Waals surface area contributed by atoms with Gasteiger partial charge in [-0.1, -0.05) is 13.8 Å². The predicted molar refractivity (Wildman–Crippen MR) is 72.0 cm³/mol. The zero-order chi connectivity index (χ0) is 13.2. The number of amides is 2. The number of rotatable bonds is 4. The number of thiophene rings is 1. The smallest absolute Gasteiger partial charge is 0.262 e. The molecule has 4 nitrogen and oxygen atoms in total. The summed E-state index contributed by atoms with van der Waals surface area (Å²) in [7, 11) is 0. The van der Waals surface area contributed by atoms with Crippen molar-refractivity contribution in [3.8, 4) is 0 Å². The highest BCUT2D eigenvalue weighted by atomic mass is 79.9. The molecule has 0 aromatic carbocycles. The average Bonchev–Trinajstić information content (AvgIpc) is 2.54. The second-order valence-electron chi connectivity index (χ2n) is 4.16. The third-order valence-corrected chi connectivity index (χ3v) is 4.48. The van der Waals surface area contributed by atoms with Gasteiger partial charge in [0.1, 0.15) is 6.04 Å². The summed E-state index contributed by atoms with van der Waals surface area (Å²) in [6, 6.07) is 1.14. The molecule has 0 bridgehead atoms. The predicted octanol–water partition coefficient (Wildman–Crippen LogP) is 2.06. The van der Waals surface area contributed by atoms with Gasteiger partial charge in [0.2, 0.25) is 5.91 Å². The lowest BCUT2D eigenvalue weighted by molar-refractivity contribution is -0.120. The molecule has 0 radical (unpaired) electrons. The number of nitrogens with one attached hydrogen (secondary N) is 1. The van der Waals surface area contributed by atoms with Crippen molar-refractivity contribution < 1.29 is 9.59 Å². The number of aryl methyl sites for hydroxylation is 1. The van der Waals surface area contributed by atoms with Crippen molar-refractivity contribution in [1.29, 1.82) is 0 Å². The van der Waals surface area contributed by atoms with Crippen molar-refractivity contribution in [3.63, 3.8) is 0 Å². The molecule has 1 rings (SSSR count). The first-order valence-electron chi connectivity index (χ1n) is 5.19. The van der Waals surface area contributed by atoms with E-state index < -0.39 is 11.9 Å². The molecule has 3 N–H and O–H groups in total. The van der Waals surface area contributed by atoms with E-state index >= 15 is 0 Å². The Hall–Kier alpha value is -0.880. The molecule has 1 unspecified atom stereocenters. The zero-order valence-corrected chi connectivity index (χ0v) is 12.3. The Morgan fingerprint density at radius 2 is 2.06 bits per heavy atom. The SMILES string of the molecule is Cc1cc(C(=O)NC(C(N)=O)C(C)C)sc1Br. The fourth-order valence-electron chi connectivity index (χ4n) is 1.35. The van der Waals surface area contributed by atoms with E-state index in [1.165, 1.54) is 11.3 Å². The molecule has 0 aliphatic heterocycles. The van der Waals surface area contributed by atoms with E-state index in [-0.39, 0.29) is 11.8 Å². The number of hydrogen-bond donors (Lipinski definition) is 2. The van der Waals surface area contributed by atoms with Crippen LogP contribution < -0.4 is 11.1 Å². The summed E-state index contributed by atoms with van der Waals surface area (Å²) < 4.78 is 0.919. The number of nitrogens with two attached hydrogens (primary N) is 1. The fourth-order valence-corrected chi connectivity index (χ4v) is 2.79. The fraction of sp³-hybridized carbons (Fsp3) is 0.455. The molecule has 1 aromatic heterocycles. The van der Waals surface area contributed by atoms with Gasteiger partial charge in [0, 0.05) is 0 Å². The van der Waals surface area contributed by atoms with Crippen LogP contribution in [0.5, 0.6) is 0 Å². The van der Waals surface area contributed by atoms with Crippen molar-refractivity contribution in [2.24, 2.45) is 11.7 Å². The van der Waals surface area contributed by atoms with Crippen molar-refractivity contribution >= 4 is 39.1 Å². The van der Waals surface area contributed by atoms with Crippen LogP contribution in [-0.2, 0) is 4.79 Å². The van der Waals surface area contributed by atoms with Crippen LogP contribution in [0.3, 0.4) is 0 Å². The van der Waals surface area contributed by atoms with Crippen LogP contribution in [0.15, 0.2) is 9.85 Å². The van der Waals surface area contributed by atoms with Crippen LogP contribution in [0.25, 0.3) is 0 Å². The standard InChI is InChI=1S/C11H15BrN2O2S/c1-5(2)8(10(13)15)14-11(16)7-4-6(3)9(12)17-7/h4-5,8H,1-3H3,(H2,13,15)(H,14,16). The number of primary amides is 1. The van der Waals surface area contributed by atoms with Crippen molar-refractivity contribution in [3.05, 3.63) is 20.3 Å². The molecular weight excluding hydrogens is 304 g/mol. The van der Waals surface area contributed by atoms with E-state index in [9.17, 15) is 9.59 Å². The summed E-state index contributed by atoms with van der Waals surface area (Å²) in [6.07, 6.45) is 0. The molecule has 0 aliphatic rings. The summed E-state index contributed by atoms with van der Waals surface area (Å²) in [4.78, 5) is 23.7.